The van der Waals surface area contributed by atoms with Gasteiger partial charge in [0, 0.05) is 23.4 Å². The second-order valence-electron chi connectivity index (χ2n) is 6.41. The zero-order valence-electron chi connectivity index (χ0n) is 15.0. The summed E-state index contributed by atoms with van der Waals surface area (Å²) in [5, 5.41) is 0.806. The molecule has 0 aliphatic carbocycles. The average Bonchev–Trinajstić information content (AvgIpc) is 2.76. The summed E-state index contributed by atoms with van der Waals surface area (Å²) in [4.78, 5) is 27.5. The van der Waals surface area contributed by atoms with Gasteiger partial charge in [0.1, 0.15) is 0 Å². The molecule has 136 valence electrons. The molecule has 1 aromatic rings. The van der Waals surface area contributed by atoms with Gasteiger partial charge in [-0.25, -0.2) is 0 Å². The molecular weight excluding hydrogens is 358 g/mol. The second kappa shape index (κ2) is 8.88. The van der Waals surface area contributed by atoms with Crippen molar-refractivity contribution >= 4 is 40.8 Å². The van der Waals surface area contributed by atoms with Crippen LogP contribution in [0.15, 0.2) is 29.2 Å². The Morgan fingerprint density at radius 3 is 2.28 bits per heavy atom. The Morgan fingerprint density at radius 2 is 1.72 bits per heavy atom. The molecule has 2 rings (SSSR count). The molecule has 0 atom stereocenters. The molecule has 0 N–H and O–H groups in total. The number of thioether (sulfide) groups is 1. The quantitative estimate of drug-likeness (QED) is 0.495. The summed E-state index contributed by atoms with van der Waals surface area (Å²) < 4.78 is 5.51. The van der Waals surface area contributed by atoms with E-state index in [-0.39, 0.29) is 23.2 Å². The topological polar surface area (TPSA) is 46.6 Å². The van der Waals surface area contributed by atoms with E-state index in [1.54, 1.807) is 24.3 Å². The van der Waals surface area contributed by atoms with Crippen molar-refractivity contribution in [2.75, 3.05) is 13.2 Å². The van der Waals surface area contributed by atoms with Crippen LogP contribution in [-0.4, -0.2) is 41.2 Å². The molecule has 4 nitrogen and oxygen atoms in total. The fraction of sp³-hybridized carbons (Fsp3) is 0.474. The average molecular weight is 382 g/mol. The first-order valence-corrected chi connectivity index (χ1v) is 9.71. The molecule has 1 heterocycles. The number of amides is 2. The standard InChI is InChI=1S/C19H24ClNO3S/c1-12(2)24-11-5-10-21-18(22)16(14-6-8-15(20)9-7-14)17(19(21)23)25-13(3)4/h6-9,12-13H,5,10-11H2,1-4H3. The number of carbonyl (C=O) groups excluding carboxylic acids is 2. The number of halogens is 1. The van der Waals surface area contributed by atoms with Gasteiger partial charge in [0.2, 0.25) is 0 Å². The fourth-order valence-corrected chi connectivity index (χ4v) is 3.65. The van der Waals surface area contributed by atoms with E-state index in [0.717, 1.165) is 5.56 Å². The van der Waals surface area contributed by atoms with E-state index in [1.807, 2.05) is 27.7 Å². The number of hydrogen-bond acceptors (Lipinski definition) is 4. The van der Waals surface area contributed by atoms with Crippen LogP contribution in [0.3, 0.4) is 0 Å². The Balaban J connectivity index is 2.23. The lowest BCUT2D eigenvalue weighted by Crippen LogP contribution is -2.33. The van der Waals surface area contributed by atoms with Gasteiger partial charge in [0.25, 0.3) is 11.8 Å². The van der Waals surface area contributed by atoms with Crippen molar-refractivity contribution in [3.63, 3.8) is 0 Å². The van der Waals surface area contributed by atoms with Crippen LogP contribution in [0.1, 0.15) is 39.7 Å². The van der Waals surface area contributed by atoms with Gasteiger partial charge in [0.15, 0.2) is 0 Å². The van der Waals surface area contributed by atoms with Crippen LogP contribution in [0.2, 0.25) is 5.02 Å². The molecule has 0 saturated carbocycles. The Kier molecular flexibility index (Phi) is 7.11. The summed E-state index contributed by atoms with van der Waals surface area (Å²) in [6.45, 7) is 8.83. The van der Waals surface area contributed by atoms with Crippen molar-refractivity contribution in [3.8, 4) is 0 Å². The minimum Gasteiger partial charge on any atom is -0.379 e. The largest absolute Gasteiger partial charge is 0.379 e. The molecular formula is C19H24ClNO3S. The Morgan fingerprint density at radius 1 is 1.08 bits per heavy atom. The Bertz CT molecular complexity index is 668. The zero-order valence-corrected chi connectivity index (χ0v) is 16.6. The number of benzene rings is 1. The van der Waals surface area contributed by atoms with Crippen molar-refractivity contribution in [3.05, 3.63) is 39.8 Å². The highest BCUT2D eigenvalue weighted by Crippen LogP contribution is 2.38. The third-order valence-corrected chi connectivity index (χ3v) is 4.93. The fourth-order valence-electron chi connectivity index (χ4n) is 2.51. The first kappa shape index (κ1) is 20.0. The van der Waals surface area contributed by atoms with Crippen molar-refractivity contribution in [2.45, 2.75) is 45.5 Å². The van der Waals surface area contributed by atoms with E-state index in [9.17, 15) is 9.59 Å². The predicted octanol–water partition coefficient (Wildman–Crippen LogP) is 4.38. The molecule has 0 fully saturated rings. The lowest BCUT2D eigenvalue weighted by Gasteiger charge is -2.16. The number of carbonyl (C=O) groups is 2. The summed E-state index contributed by atoms with van der Waals surface area (Å²) in [6.07, 6.45) is 0.767. The molecule has 0 saturated heterocycles. The van der Waals surface area contributed by atoms with Crippen LogP contribution in [0, 0.1) is 0 Å². The first-order chi connectivity index (χ1) is 11.8. The summed E-state index contributed by atoms with van der Waals surface area (Å²) in [7, 11) is 0. The summed E-state index contributed by atoms with van der Waals surface area (Å²) in [5.41, 5.74) is 1.21. The van der Waals surface area contributed by atoms with Crippen LogP contribution in [-0.2, 0) is 14.3 Å². The molecule has 1 aromatic carbocycles. The minimum absolute atomic E-state index is 0.139. The number of imide groups is 1. The van der Waals surface area contributed by atoms with Crippen LogP contribution < -0.4 is 0 Å². The van der Waals surface area contributed by atoms with Crippen molar-refractivity contribution in [2.24, 2.45) is 0 Å². The highest BCUT2D eigenvalue weighted by molar-refractivity contribution is 8.04. The minimum atomic E-state index is -0.236. The monoisotopic (exact) mass is 381 g/mol. The highest BCUT2D eigenvalue weighted by Gasteiger charge is 2.39. The van der Waals surface area contributed by atoms with Crippen molar-refractivity contribution in [1.29, 1.82) is 0 Å². The van der Waals surface area contributed by atoms with Crippen molar-refractivity contribution in [1.82, 2.24) is 4.90 Å². The lowest BCUT2D eigenvalue weighted by atomic mass is 10.1. The first-order valence-electron chi connectivity index (χ1n) is 8.46. The van der Waals surface area contributed by atoms with Crippen LogP contribution >= 0.6 is 23.4 Å². The SMILES string of the molecule is CC(C)OCCCN1C(=O)C(SC(C)C)=C(c2ccc(Cl)cc2)C1=O. The molecule has 25 heavy (non-hydrogen) atoms. The molecule has 6 heteroatoms. The molecule has 0 aromatic heterocycles. The highest BCUT2D eigenvalue weighted by atomic mass is 35.5. The van der Waals surface area contributed by atoms with Crippen LogP contribution in [0.5, 0.6) is 0 Å². The number of ether oxygens (including phenoxy) is 1. The maximum absolute atomic E-state index is 12.9. The maximum Gasteiger partial charge on any atom is 0.267 e. The molecule has 1 aliphatic heterocycles. The van der Waals surface area contributed by atoms with Crippen LogP contribution in [0.4, 0.5) is 0 Å². The summed E-state index contributed by atoms with van der Waals surface area (Å²) in [5.74, 6) is -0.446. The van der Waals surface area contributed by atoms with E-state index in [4.69, 9.17) is 16.3 Å². The van der Waals surface area contributed by atoms with Gasteiger partial charge in [0.05, 0.1) is 16.6 Å². The molecule has 0 unspecified atom stereocenters. The van der Waals surface area contributed by atoms with E-state index >= 15 is 0 Å². The summed E-state index contributed by atoms with van der Waals surface area (Å²) in [6, 6.07) is 7.04. The van der Waals surface area contributed by atoms with Gasteiger partial charge in [-0.15, -0.1) is 11.8 Å². The second-order valence-corrected chi connectivity index (χ2v) is 8.44. The number of nitrogens with zero attached hydrogens (tertiary/aromatic N) is 1. The third-order valence-electron chi connectivity index (χ3n) is 3.59. The summed E-state index contributed by atoms with van der Waals surface area (Å²) >= 11 is 7.38. The van der Waals surface area contributed by atoms with Gasteiger partial charge in [-0.1, -0.05) is 37.6 Å². The number of hydrogen-bond donors (Lipinski definition) is 0. The molecule has 0 bridgehead atoms. The van der Waals surface area contributed by atoms with Gasteiger partial charge in [-0.3, -0.25) is 14.5 Å². The van der Waals surface area contributed by atoms with Gasteiger partial charge in [-0.2, -0.15) is 0 Å². The van der Waals surface area contributed by atoms with Crippen LogP contribution in [0.25, 0.3) is 5.57 Å². The molecule has 0 radical (unpaired) electrons. The molecule has 0 spiro atoms. The molecule has 2 amide bonds. The third kappa shape index (κ3) is 5.09. The van der Waals surface area contributed by atoms with E-state index in [2.05, 4.69) is 0 Å². The Hall–Kier alpha value is -1.30. The smallest absolute Gasteiger partial charge is 0.267 e. The lowest BCUT2D eigenvalue weighted by molar-refractivity contribution is -0.136. The van der Waals surface area contributed by atoms with Gasteiger partial charge < -0.3 is 4.74 Å². The van der Waals surface area contributed by atoms with Crippen molar-refractivity contribution < 1.29 is 14.3 Å². The van der Waals surface area contributed by atoms with Gasteiger partial charge >= 0.3 is 0 Å². The normalized spacial score (nSPS) is 15.2. The predicted molar refractivity (Wildman–Crippen MR) is 104 cm³/mol. The van der Waals surface area contributed by atoms with E-state index in [1.165, 1.54) is 16.7 Å². The maximum atomic E-state index is 12.9. The Labute approximate surface area is 158 Å². The molecule has 1 aliphatic rings. The van der Waals surface area contributed by atoms with E-state index in [0.29, 0.717) is 35.1 Å². The van der Waals surface area contributed by atoms with Gasteiger partial charge in [-0.05, 0) is 38.0 Å². The van der Waals surface area contributed by atoms with E-state index < -0.39 is 0 Å². The zero-order chi connectivity index (χ0) is 18.6. The number of rotatable bonds is 8.